The largest absolute Gasteiger partial charge is 0.448 e. The average Bonchev–Trinajstić information content (AvgIpc) is 3.11. The molecule has 4 rings (SSSR count). The van der Waals surface area contributed by atoms with Crippen molar-refractivity contribution in [3.05, 3.63) is 56.8 Å². The van der Waals surface area contributed by atoms with E-state index in [4.69, 9.17) is 4.74 Å². The molecule has 0 radical (unpaired) electrons. The topological polar surface area (TPSA) is 46.6 Å². The summed E-state index contributed by atoms with van der Waals surface area (Å²) in [5.41, 5.74) is 3.75. The molecule has 26 heavy (non-hydrogen) atoms. The van der Waals surface area contributed by atoms with Crippen LogP contribution in [0.15, 0.2) is 30.3 Å². The van der Waals surface area contributed by atoms with E-state index in [2.05, 4.69) is 12.1 Å². The van der Waals surface area contributed by atoms with Crippen molar-refractivity contribution in [1.82, 2.24) is 4.90 Å². The van der Waals surface area contributed by atoms with E-state index in [1.54, 1.807) is 11.8 Å². The lowest BCUT2D eigenvalue weighted by atomic mass is 9.99. The smallest absolute Gasteiger partial charge is 0.349 e. The average molecular weight is 369 g/mol. The summed E-state index contributed by atoms with van der Waals surface area (Å²) in [4.78, 5) is 28.9. The third kappa shape index (κ3) is 3.40. The van der Waals surface area contributed by atoms with Gasteiger partial charge in [-0.2, -0.15) is 0 Å². The lowest BCUT2D eigenvalue weighted by Crippen LogP contribution is -2.42. The summed E-state index contributed by atoms with van der Waals surface area (Å²) >= 11 is 1.52. The minimum Gasteiger partial charge on any atom is -0.448 e. The van der Waals surface area contributed by atoms with Gasteiger partial charge in [-0.05, 0) is 61.8 Å². The molecule has 1 aromatic carbocycles. The first kappa shape index (κ1) is 17.3. The second-order valence-corrected chi connectivity index (χ2v) is 8.23. The first-order chi connectivity index (χ1) is 12.6. The maximum absolute atomic E-state index is 12.7. The van der Waals surface area contributed by atoms with Crippen molar-refractivity contribution in [2.24, 2.45) is 0 Å². The van der Waals surface area contributed by atoms with Crippen molar-refractivity contribution in [2.45, 2.75) is 51.7 Å². The van der Waals surface area contributed by atoms with Crippen LogP contribution in [-0.2, 0) is 35.3 Å². The number of thiophene rings is 1. The number of ether oxygens (including phenoxy) is 1. The molecule has 1 aromatic heterocycles. The van der Waals surface area contributed by atoms with E-state index in [0.29, 0.717) is 18.0 Å². The number of amides is 1. The Balaban J connectivity index is 1.40. The van der Waals surface area contributed by atoms with Crippen LogP contribution in [0.1, 0.15) is 51.0 Å². The van der Waals surface area contributed by atoms with Crippen molar-refractivity contribution >= 4 is 23.2 Å². The number of carbonyl (C=O) groups excluding carboxylic acids is 2. The molecule has 1 atom stereocenters. The van der Waals surface area contributed by atoms with E-state index in [0.717, 1.165) is 19.3 Å². The number of benzene rings is 1. The number of aryl methyl sites for hydroxylation is 2. The summed E-state index contributed by atoms with van der Waals surface area (Å²) in [6, 6.07) is 10.1. The fraction of sp³-hybridized carbons (Fsp3) is 0.429. The van der Waals surface area contributed by atoms with Crippen LogP contribution >= 0.6 is 11.3 Å². The SMILES string of the molecule is C[C@@H](OC(=O)c1cc2c(s1)CCCC2)C(=O)N1CCc2ccccc2C1. The maximum Gasteiger partial charge on any atom is 0.349 e. The Morgan fingerprint density at radius 2 is 1.85 bits per heavy atom. The fourth-order valence-electron chi connectivity index (χ4n) is 3.80. The Labute approximate surface area is 157 Å². The quantitative estimate of drug-likeness (QED) is 0.774. The molecule has 5 heteroatoms. The van der Waals surface area contributed by atoms with Gasteiger partial charge in [-0.25, -0.2) is 4.79 Å². The number of hydrogen-bond donors (Lipinski definition) is 0. The predicted octanol–water partition coefficient (Wildman–Crippen LogP) is 3.76. The van der Waals surface area contributed by atoms with Crippen LogP contribution in [0.3, 0.4) is 0 Å². The van der Waals surface area contributed by atoms with Crippen LogP contribution < -0.4 is 0 Å². The highest BCUT2D eigenvalue weighted by molar-refractivity contribution is 7.14. The molecular weight excluding hydrogens is 346 g/mol. The minimum absolute atomic E-state index is 0.117. The predicted molar refractivity (Wildman–Crippen MR) is 101 cm³/mol. The van der Waals surface area contributed by atoms with Gasteiger partial charge in [-0.1, -0.05) is 24.3 Å². The Morgan fingerprint density at radius 3 is 2.65 bits per heavy atom. The van der Waals surface area contributed by atoms with Gasteiger partial charge in [-0.3, -0.25) is 4.79 Å². The third-order valence-electron chi connectivity index (χ3n) is 5.27. The number of carbonyl (C=O) groups is 2. The standard InChI is InChI=1S/C21H23NO3S/c1-14(20(23)22-11-10-15-6-2-3-8-17(15)13-22)25-21(24)19-12-16-7-4-5-9-18(16)26-19/h2-3,6,8,12,14H,4-5,7,9-11,13H2,1H3/t14-/m1/s1. The highest BCUT2D eigenvalue weighted by Crippen LogP contribution is 2.30. The summed E-state index contributed by atoms with van der Waals surface area (Å²) in [6.45, 7) is 2.93. The fourth-order valence-corrected chi connectivity index (χ4v) is 4.94. The van der Waals surface area contributed by atoms with E-state index in [1.165, 1.54) is 45.7 Å². The molecule has 1 amide bonds. The van der Waals surface area contributed by atoms with Crippen molar-refractivity contribution in [2.75, 3.05) is 6.54 Å². The van der Waals surface area contributed by atoms with Crippen LogP contribution in [-0.4, -0.2) is 29.4 Å². The Bertz CT molecular complexity index is 818. The number of rotatable bonds is 3. The molecule has 0 spiro atoms. The normalized spacial score (nSPS) is 17.2. The molecular formula is C21H23NO3S. The second kappa shape index (κ2) is 7.23. The lowest BCUT2D eigenvalue weighted by Gasteiger charge is -2.30. The first-order valence-corrected chi connectivity index (χ1v) is 10.1. The van der Waals surface area contributed by atoms with E-state index in [9.17, 15) is 9.59 Å². The number of hydrogen-bond acceptors (Lipinski definition) is 4. The Hall–Kier alpha value is -2.14. The van der Waals surface area contributed by atoms with Gasteiger partial charge in [0.2, 0.25) is 0 Å². The van der Waals surface area contributed by atoms with Gasteiger partial charge in [0.05, 0.1) is 0 Å². The summed E-state index contributed by atoms with van der Waals surface area (Å²) in [5, 5.41) is 0. The Morgan fingerprint density at radius 1 is 1.08 bits per heavy atom. The molecule has 0 saturated heterocycles. The summed E-state index contributed by atoms with van der Waals surface area (Å²) in [7, 11) is 0. The summed E-state index contributed by atoms with van der Waals surface area (Å²) in [5.74, 6) is -0.489. The molecule has 4 nitrogen and oxygen atoms in total. The molecule has 2 aromatic rings. The van der Waals surface area contributed by atoms with Crippen molar-refractivity contribution < 1.29 is 14.3 Å². The molecule has 0 fully saturated rings. The van der Waals surface area contributed by atoms with Gasteiger partial charge in [-0.15, -0.1) is 11.3 Å². The van der Waals surface area contributed by atoms with Gasteiger partial charge < -0.3 is 9.64 Å². The van der Waals surface area contributed by atoms with E-state index in [1.807, 2.05) is 18.2 Å². The molecule has 1 aliphatic carbocycles. The molecule has 0 unspecified atom stereocenters. The molecule has 136 valence electrons. The van der Waals surface area contributed by atoms with Crippen LogP contribution in [0, 0.1) is 0 Å². The lowest BCUT2D eigenvalue weighted by molar-refractivity contribution is -0.140. The van der Waals surface area contributed by atoms with Gasteiger partial charge in [0.15, 0.2) is 6.10 Å². The van der Waals surface area contributed by atoms with Crippen molar-refractivity contribution in [3.8, 4) is 0 Å². The molecule has 1 aliphatic heterocycles. The molecule has 0 bridgehead atoms. The number of nitrogens with zero attached hydrogens (tertiary/aromatic N) is 1. The zero-order chi connectivity index (χ0) is 18.1. The molecule has 2 heterocycles. The zero-order valence-electron chi connectivity index (χ0n) is 15.0. The highest BCUT2D eigenvalue weighted by Gasteiger charge is 2.28. The van der Waals surface area contributed by atoms with Crippen LogP contribution in [0.5, 0.6) is 0 Å². The van der Waals surface area contributed by atoms with Crippen LogP contribution in [0.4, 0.5) is 0 Å². The molecule has 2 aliphatic rings. The highest BCUT2D eigenvalue weighted by atomic mass is 32.1. The second-order valence-electron chi connectivity index (χ2n) is 7.09. The third-order valence-corrected chi connectivity index (χ3v) is 6.49. The van der Waals surface area contributed by atoms with E-state index < -0.39 is 6.10 Å². The Kier molecular flexibility index (Phi) is 4.81. The monoisotopic (exact) mass is 369 g/mol. The van der Waals surface area contributed by atoms with Gasteiger partial charge in [0.1, 0.15) is 4.88 Å². The minimum atomic E-state index is -0.758. The van der Waals surface area contributed by atoms with Crippen molar-refractivity contribution in [3.63, 3.8) is 0 Å². The van der Waals surface area contributed by atoms with Gasteiger partial charge >= 0.3 is 5.97 Å². The van der Waals surface area contributed by atoms with Crippen LogP contribution in [0.25, 0.3) is 0 Å². The van der Waals surface area contributed by atoms with E-state index in [-0.39, 0.29) is 11.9 Å². The van der Waals surface area contributed by atoms with Crippen LogP contribution in [0.2, 0.25) is 0 Å². The van der Waals surface area contributed by atoms with Gasteiger partial charge in [0, 0.05) is 18.0 Å². The first-order valence-electron chi connectivity index (χ1n) is 9.30. The van der Waals surface area contributed by atoms with E-state index >= 15 is 0 Å². The molecule has 0 N–H and O–H groups in total. The maximum atomic E-state index is 12.7. The van der Waals surface area contributed by atoms with Gasteiger partial charge in [0.25, 0.3) is 5.91 Å². The molecule has 0 saturated carbocycles. The van der Waals surface area contributed by atoms with Crippen molar-refractivity contribution in [1.29, 1.82) is 0 Å². The summed E-state index contributed by atoms with van der Waals surface area (Å²) in [6.07, 6.45) is 4.55. The zero-order valence-corrected chi connectivity index (χ0v) is 15.8. The summed E-state index contributed by atoms with van der Waals surface area (Å²) < 4.78 is 5.50. The number of fused-ring (bicyclic) bond motifs is 2. The number of esters is 1.